The Morgan fingerprint density at radius 1 is 0.451 bits per heavy atom. The van der Waals surface area contributed by atoms with Crippen molar-refractivity contribution in [3.05, 3.63) is 152 Å². The van der Waals surface area contributed by atoms with E-state index < -0.39 is 30.2 Å². The summed E-state index contributed by atoms with van der Waals surface area (Å²) in [5, 5.41) is 5.98. The summed E-state index contributed by atoms with van der Waals surface area (Å²) < 4.78 is 58.3. The Morgan fingerprint density at radius 2 is 1.04 bits per heavy atom. The highest BCUT2D eigenvalue weighted by Gasteiger charge is 2.23. The molecule has 0 atom stereocenters. The number of hydrogen-bond acceptors (Lipinski definition) is 6. The van der Waals surface area contributed by atoms with Crippen LogP contribution < -0.4 is 0 Å². The van der Waals surface area contributed by atoms with Gasteiger partial charge in [-0.15, -0.1) is 11.3 Å². The molecule has 0 saturated carbocycles. The number of furan rings is 2. The third-order valence-corrected chi connectivity index (χ3v) is 10.7. The second kappa shape index (κ2) is 10.9. The van der Waals surface area contributed by atoms with E-state index in [0.29, 0.717) is 33.5 Å². The van der Waals surface area contributed by atoms with Crippen molar-refractivity contribution in [1.82, 2.24) is 15.0 Å². The van der Waals surface area contributed by atoms with Crippen molar-refractivity contribution in [2.24, 2.45) is 0 Å². The van der Waals surface area contributed by atoms with Gasteiger partial charge < -0.3 is 8.83 Å². The normalized spacial score (nSPS) is 13.3. The fourth-order valence-corrected chi connectivity index (χ4v) is 8.43. The maximum Gasteiger partial charge on any atom is 0.167 e. The van der Waals surface area contributed by atoms with Gasteiger partial charge in [-0.2, -0.15) is 0 Å². The molecule has 0 radical (unpaired) electrons. The van der Waals surface area contributed by atoms with E-state index in [1.807, 2.05) is 72.8 Å². The molecule has 0 spiro atoms. The smallest absolute Gasteiger partial charge is 0.167 e. The topological polar surface area (TPSA) is 65.0 Å². The molecule has 6 heteroatoms. The Hall–Kier alpha value is -6.63. The molecule has 0 bridgehead atoms. The highest BCUT2D eigenvalue weighted by Crippen LogP contribution is 2.46. The highest BCUT2D eigenvalue weighted by molar-refractivity contribution is 7.26. The van der Waals surface area contributed by atoms with E-state index in [4.69, 9.17) is 30.6 Å². The highest BCUT2D eigenvalue weighted by atomic mass is 32.1. The van der Waals surface area contributed by atoms with Gasteiger partial charge in [-0.1, -0.05) is 121 Å². The lowest BCUT2D eigenvalue weighted by Crippen LogP contribution is -2.00. The average molecular weight is 677 g/mol. The van der Waals surface area contributed by atoms with Crippen molar-refractivity contribution in [2.45, 2.75) is 0 Å². The first-order valence-electron chi connectivity index (χ1n) is 18.9. The number of para-hydroxylation sites is 3. The lowest BCUT2D eigenvalue weighted by Gasteiger charge is -2.11. The fraction of sp³-hybridized carbons (Fsp3) is 0. The SMILES string of the molecule is [2H]c1c([2H])c([2H])c(-c2nc(-c3cccc4c3oc3ccccc34)nc(-c3ccc(-c4cccc5c4sc4ccccc45)c4c3oc3ccccc34)n2)c([2H])c1[2H]. The third kappa shape index (κ3) is 4.30. The molecule has 0 aliphatic heterocycles. The summed E-state index contributed by atoms with van der Waals surface area (Å²) >= 11 is 1.76. The lowest BCUT2D eigenvalue weighted by molar-refractivity contribution is 0.669. The molecule has 11 rings (SSSR count). The van der Waals surface area contributed by atoms with Crippen LogP contribution in [-0.4, -0.2) is 15.0 Å². The maximum absolute atomic E-state index is 8.85. The predicted octanol–water partition coefficient (Wildman–Crippen LogP) is 12.7. The average Bonchev–Trinajstić information content (AvgIpc) is 3.94. The molecule has 5 nitrogen and oxygen atoms in total. The summed E-state index contributed by atoms with van der Waals surface area (Å²) in [7, 11) is 0. The molecule has 0 fully saturated rings. The first-order valence-corrected chi connectivity index (χ1v) is 17.3. The van der Waals surface area contributed by atoms with Crippen LogP contribution in [0.2, 0.25) is 0 Å². The molecule has 4 aromatic heterocycles. The van der Waals surface area contributed by atoms with Gasteiger partial charge in [0.2, 0.25) is 0 Å². The van der Waals surface area contributed by atoms with Gasteiger partial charge in [-0.3, -0.25) is 0 Å². The zero-order chi connectivity index (χ0) is 37.8. The molecular formula is C45H25N3O2S. The summed E-state index contributed by atoms with van der Waals surface area (Å²) in [5.41, 5.74) is 5.52. The van der Waals surface area contributed by atoms with E-state index in [-0.39, 0.29) is 23.0 Å². The molecule has 51 heavy (non-hydrogen) atoms. The largest absolute Gasteiger partial charge is 0.455 e. The van der Waals surface area contributed by atoms with Gasteiger partial charge in [0.05, 0.1) is 18.0 Å². The second-order valence-electron chi connectivity index (χ2n) is 12.3. The molecule has 4 heterocycles. The molecule has 0 amide bonds. The van der Waals surface area contributed by atoms with Crippen LogP contribution in [0.25, 0.3) is 109 Å². The van der Waals surface area contributed by atoms with E-state index >= 15 is 0 Å². The Bertz CT molecular complexity index is 3430. The molecule has 11 aromatic rings. The number of fused-ring (bicyclic) bond motifs is 9. The molecular weight excluding hydrogens is 647 g/mol. The Morgan fingerprint density at radius 3 is 1.86 bits per heavy atom. The molecule has 0 unspecified atom stereocenters. The summed E-state index contributed by atoms with van der Waals surface area (Å²) in [4.78, 5) is 14.7. The van der Waals surface area contributed by atoms with Gasteiger partial charge in [0.15, 0.2) is 17.5 Å². The zero-order valence-corrected chi connectivity index (χ0v) is 27.4. The van der Waals surface area contributed by atoms with Crippen LogP contribution >= 0.6 is 11.3 Å². The summed E-state index contributed by atoms with van der Waals surface area (Å²) in [6.45, 7) is 0. The minimum absolute atomic E-state index is 0.0708. The van der Waals surface area contributed by atoms with E-state index in [9.17, 15) is 0 Å². The molecule has 0 saturated heterocycles. The molecule has 0 N–H and O–H groups in total. The number of benzene rings is 7. The number of thiophene rings is 1. The Labute approximate surface area is 302 Å². The Kier molecular flexibility index (Phi) is 5.08. The molecule has 7 aromatic carbocycles. The first-order chi connectivity index (χ1) is 27.4. The second-order valence-corrected chi connectivity index (χ2v) is 13.4. The van der Waals surface area contributed by atoms with Gasteiger partial charge in [0, 0.05) is 52.8 Å². The number of hydrogen-bond donors (Lipinski definition) is 0. The summed E-state index contributed by atoms with van der Waals surface area (Å²) in [5.74, 6) is 0.351. The van der Waals surface area contributed by atoms with Crippen LogP contribution in [0.3, 0.4) is 0 Å². The van der Waals surface area contributed by atoms with Crippen LogP contribution in [0.15, 0.2) is 160 Å². The lowest BCUT2D eigenvalue weighted by atomic mass is 9.95. The van der Waals surface area contributed by atoms with Crippen molar-refractivity contribution < 1.29 is 15.7 Å². The van der Waals surface area contributed by atoms with Gasteiger partial charge in [0.25, 0.3) is 0 Å². The van der Waals surface area contributed by atoms with Crippen molar-refractivity contribution in [3.8, 4) is 45.3 Å². The zero-order valence-electron chi connectivity index (χ0n) is 31.6. The van der Waals surface area contributed by atoms with Crippen molar-refractivity contribution >= 4 is 75.4 Å². The summed E-state index contributed by atoms with van der Waals surface area (Å²) in [6, 6.07) is 37.8. The Balaban J connectivity index is 1.22. The first kappa shape index (κ1) is 23.7. The molecule has 0 aliphatic rings. The van der Waals surface area contributed by atoms with E-state index in [2.05, 4.69) is 48.5 Å². The number of rotatable bonds is 4. The van der Waals surface area contributed by atoms with Crippen LogP contribution in [0.5, 0.6) is 0 Å². The van der Waals surface area contributed by atoms with Gasteiger partial charge in [-0.25, -0.2) is 15.0 Å². The fourth-order valence-electron chi connectivity index (χ4n) is 7.20. The van der Waals surface area contributed by atoms with E-state index in [1.165, 1.54) is 15.5 Å². The van der Waals surface area contributed by atoms with Crippen LogP contribution in [-0.2, 0) is 0 Å². The van der Waals surface area contributed by atoms with Crippen LogP contribution in [0.4, 0.5) is 0 Å². The van der Waals surface area contributed by atoms with E-state index in [0.717, 1.165) is 37.4 Å². The van der Waals surface area contributed by atoms with Crippen molar-refractivity contribution in [3.63, 3.8) is 0 Å². The van der Waals surface area contributed by atoms with Crippen LogP contribution in [0, 0.1) is 0 Å². The standard InChI is InChI=1S/C45H25N3O2S/c1-2-12-26(13-3-1)43-46-44(34-20-10-17-30-27-14-4-7-21-36(27)49-40(30)34)48-45(47-43)35-25-24-29(39-33-16-5-8-22-37(33)50-41(35)39)32-19-11-18-31-28-15-6-9-23-38(28)51-42(31)32/h1-25H/i1D,2D,3D,12D,13D. The van der Waals surface area contributed by atoms with Gasteiger partial charge in [0.1, 0.15) is 22.3 Å². The van der Waals surface area contributed by atoms with Crippen molar-refractivity contribution in [1.29, 1.82) is 0 Å². The minimum Gasteiger partial charge on any atom is -0.455 e. The maximum atomic E-state index is 8.85. The van der Waals surface area contributed by atoms with Crippen molar-refractivity contribution in [2.75, 3.05) is 0 Å². The summed E-state index contributed by atoms with van der Waals surface area (Å²) in [6.07, 6.45) is 0. The number of nitrogens with zero attached hydrogens (tertiary/aromatic N) is 3. The molecule has 238 valence electrons. The monoisotopic (exact) mass is 676 g/mol. The van der Waals surface area contributed by atoms with Gasteiger partial charge >= 0.3 is 0 Å². The number of aromatic nitrogens is 3. The van der Waals surface area contributed by atoms with E-state index in [1.54, 1.807) is 11.3 Å². The van der Waals surface area contributed by atoms with Gasteiger partial charge in [-0.05, 0) is 35.9 Å². The van der Waals surface area contributed by atoms with Crippen LogP contribution in [0.1, 0.15) is 6.85 Å². The quantitative estimate of drug-likeness (QED) is 0.186. The minimum atomic E-state index is -0.501. The third-order valence-electron chi connectivity index (χ3n) is 9.47. The predicted molar refractivity (Wildman–Crippen MR) is 209 cm³/mol. The molecule has 0 aliphatic carbocycles.